The number of rotatable bonds is 5. The molecule has 1 aliphatic heterocycles. The molecule has 2 amide bonds. The Kier molecular flexibility index (Phi) is 8.02. The van der Waals surface area contributed by atoms with Crippen LogP contribution in [0.4, 0.5) is 10.5 Å². The van der Waals surface area contributed by atoms with E-state index in [4.69, 9.17) is 9.72 Å². The number of hydrogen-bond donors (Lipinski definition) is 1. The number of anilines is 1. The number of halogens is 1. The molecule has 0 spiro atoms. The third-order valence-electron chi connectivity index (χ3n) is 6.40. The lowest BCUT2D eigenvalue weighted by molar-refractivity contribution is 0.0139. The molecule has 7 nitrogen and oxygen atoms in total. The van der Waals surface area contributed by atoms with Gasteiger partial charge in [0.15, 0.2) is 0 Å². The highest BCUT2D eigenvalue weighted by Crippen LogP contribution is 2.35. The minimum Gasteiger partial charge on any atom is -0.444 e. The van der Waals surface area contributed by atoms with E-state index >= 15 is 0 Å². The van der Waals surface area contributed by atoms with Crippen molar-refractivity contribution in [2.45, 2.75) is 32.9 Å². The van der Waals surface area contributed by atoms with E-state index in [9.17, 15) is 9.59 Å². The van der Waals surface area contributed by atoms with Crippen LogP contribution in [-0.2, 0) is 11.3 Å². The first-order chi connectivity index (χ1) is 18.6. The highest BCUT2D eigenvalue weighted by atomic mass is 79.9. The second-order valence-electron chi connectivity index (χ2n) is 10.6. The number of nitrogens with one attached hydrogen (secondary N) is 1. The van der Waals surface area contributed by atoms with E-state index in [1.54, 1.807) is 28.4 Å². The zero-order valence-electron chi connectivity index (χ0n) is 22.2. The number of benzene rings is 3. The number of ether oxygens (including phenoxy) is 1. The van der Waals surface area contributed by atoms with Gasteiger partial charge in [0.05, 0.1) is 15.9 Å². The van der Waals surface area contributed by atoms with E-state index in [1.165, 1.54) is 5.56 Å². The first-order valence-electron chi connectivity index (χ1n) is 12.9. The Morgan fingerprint density at radius 3 is 2.44 bits per heavy atom. The molecular formula is C30H31BrN4O3S. The number of hydrogen-bond acceptors (Lipinski definition) is 6. The highest BCUT2D eigenvalue weighted by molar-refractivity contribution is 9.10. The molecule has 0 unspecified atom stereocenters. The van der Waals surface area contributed by atoms with E-state index in [-0.39, 0.29) is 12.0 Å². The first kappa shape index (κ1) is 27.3. The summed E-state index contributed by atoms with van der Waals surface area (Å²) in [6, 6.07) is 21.4. The number of piperazine rings is 1. The second-order valence-corrected chi connectivity index (χ2v) is 12.5. The van der Waals surface area contributed by atoms with Crippen LogP contribution in [0, 0.1) is 0 Å². The third kappa shape index (κ3) is 6.84. The minimum atomic E-state index is -0.483. The highest BCUT2D eigenvalue weighted by Gasteiger charge is 2.26. The number of thiazole rings is 1. The SMILES string of the molecule is CC(C)(C)OC(=O)N1CCN(Cc2ccc3nc(-c4ccccc4NC(=O)c4ccc(Br)cc4)sc3c2)CC1. The van der Waals surface area contributed by atoms with Crippen molar-refractivity contribution in [3.8, 4) is 10.6 Å². The summed E-state index contributed by atoms with van der Waals surface area (Å²) in [6.07, 6.45) is -0.242. The maximum atomic E-state index is 12.9. The molecule has 0 radical (unpaired) electrons. The number of nitrogens with zero attached hydrogens (tertiary/aromatic N) is 3. The van der Waals surface area contributed by atoms with E-state index in [0.717, 1.165) is 50.6 Å². The maximum Gasteiger partial charge on any atom is 0.410 e. The summed E-state index contributed by atoms with van der Waals surface area (Å²) in [5.74, 6) is -0.162. The van der Waals surface area contributed by atoms with Crippen LogP contribution in [0.5, 0.6) is 0 Å². The number of aromatic nitrogens is 1. The van der Waals surface area contributed by atoms with Gasteiger partial charge in [0, 0.05) is 48.3 Å². The van der Waals surface area contributed by atoms with E-state index in [2.05, 4.69) is 44.3 Å². The molecular weight excluding hydrogens is 576 g/mol. The molecule has 1 N–H and O–H groups in total. The van der Waals surface area contributed by atoms with Gasteiger partial charge in [-0.2, -0.15) is 0 Å². The zero-order valence-corrected chi connectivity index (χ0v) is 24.6. The van der Waals surface area contributed by atoms with Crippen LogP contribution in [-0.4, -0.2) is 58.6 Å². The van der Waals surface area contributed by atoms with Crippen molar-refractivity contribution in [3.05, 3.63) is 82.3 Å². The van der Waals surface area contributed by atoms with Crippen LogP contribution in [0.2, 0.25) is 0 Å². The van der Waals surface area contributed by atoms with E-state index < -0.39 is 5.60 Å². The average molecular weight is 608 g/mol. The fraction of sp³-hybridized carbons (Fsp3) is 0.300. The van der Waals surface area contributed by atoms with Crippen molar-refractivity contribution >= 4 is 55.2 Å². The third-order valence-corrected chi connectivity index (χ3v) is 7.98. The predicted molar refractivity (Wildman–Crippen MR) is 160 cm³/mol. The molecule has 9 heteroatoms. The standard InChI is InChI=1S/C30H31BrN4O3S/c1-30(2,3)38-29(37)35-16-14-34(15-17-35)19-20-8-13-25-26(18-20)39-28(33-25)23-6-4-5-7-24(23)32-27(36)21-9-11-22(31)12-10-21/h4-13,18H,14-17,19H2,1-3H3,(H,32,36). The van der Waals surface area contributed by atoms with Crippen LogP contribution < -0.4 is 5.32 Å². The maximum absolute atomic E-state index is 12.9. The molecule has 3 aromatic carbocycles. The first-order valence-corrected chi connectivity index (χ1v) is 14.5. The molecule has 39 heavy (non-hydrogen) atoms. The van der Waals surface area contributed by atoms with Crippen LogP contribution in [0.3, 0.4) is 0 Å². The molecule has 1 aromatic heterocycles. The van der Waals surface area contributed by atoms with Crippen molar-refractivity contribution in [3.63, 3.8) is 0 Å². The van der Waals surface area contributed by atoms with Gasteiger partial charge in [-0.05, 0) is 74.9 Å². The van der Waals surface area contributed by atoms with Gasteiger partial charge in [-0.25, -0.2) is 9.78 Å². The normalized spacial score (nSPS) is 14.4. The van der Waals surface area contributed by atoms with Crippen LogP contribution in [0.15, 0.2) is 71.2 Å². The van der Waals surface area contributed by atoms with Crippen molar-refractivity contribution in [1.29, 1.82) is 0 Å². The van der Waals surface area contributed by atoms with Crippen LogP contribution in [0.1, 0.15) is 36.7 Å². The monoisotopic (exact) mass is 606 g/mol. The van der Waals surface area contributed by atoms with Crippen molar-refractivity contribution in [1.82, 2.24) is 14.8 Å². The van der Waals surface area contributed by atoms with Crippen LogP contribution in [0.25, 0.3) is 20.8 Å². The van der Waals surface area contributed by atoms with Gasteiger partial charge in [-0.1, -0.05) is 34.1 Å². The molecule has 0 saturated carbocycles. The number of para-hydroxylation sites is 1. The van der Waals surface area contributed by atoms with Gasteiger partial charge in [-0.15, -0.1) is 11.3 Å². The van der Waals surface area contributed by atoms with Gasteiger partial charge in [0.25, 0.3) is 5.91 Å². The molecule has 2 heterocycles. The summed E-state index contributed by atoms with van der Waals surface area (Å²) in [4.78, 5) is 34.2. The van der Waals surface area contributed by atoms with Crippen molar-refractivity contribution < 1.29 is 14.3 Å². The van der Waals surface area contributed by atoms with Gasteiger partial charge < -0.3 is 15.0 Å². The van der Waals surface area contributed by atoms with Gasteiger partial charge in [-0.3, -0.25) is 9.69 Å². The molecule has 5 rings (SSSR count). The van der Waals surface area contributed by atoms with Crippen molar-refractivity contribution in [2.75, 3.05) is 31.5 Å². The van der Waals surface area contributed by atoms with Crippen molar-refractivity contribution in [2.24, 2.45) is 0 Å². The molecule has 1 saturated heterocycles. The number of carbonyl (C=O) groups excluding carboxylic acids is 2. The number of carbonyl (C=O) groups is 2. The predicted octanol–water partition coefficient (Wildman–Crippen LogP) is 7.03. The Labute approximate surface area is 240 Å². The topological polar surface area (TPSA) is 74.8 Å². The molecule has 0 bridgehead atoms. The molecule has 0 aliphatic carbocycles. The number of amides is 2. The largest absolute Gasteiger partial charge is 0.444 e. The van der Waals surface area contributed by atoms with Gasteiger partial charge in [0.2, 0.25) is 0 Å². The zero-order chi connectivity index (χ0) is 27.6. The Bertz CT molecular complexity index is 1490. The van der Waals surface area contributed by atoms with Gasteiger partial charge >= 0.3 is 6.09 Å². The Morgan fingerprint density at radius 1 is 1.00 bits per heavy atom. The smallest absolute Gasteiger partial charge is 0.410 e. The summed E-state index contributed by atoms with van der Waals surface area (Å²) in [6.45, 7) is 9.40. The Morgan fingerprint density at radius 2 is 1.72 bits per heavy atom. The van der Waals surface area contributed by atoms with E-state index in [0.29, 0.717) is 18.7 Å². The molecule has 0 atom stereocenters. The van der Waals surface area contributed by atoms with E-state index in [1.807, 2.05) is 57.2 Å². The lowest BCUT2D eigenvalue weighted by atomic mass is 10.1. The molecule has 1 fully saturated rings. The molecule has 202 valence electrons. The summed E-state index contributed by atoms with van der Waals surface area (Å²) in [5, 5.41) is 3.91. The minimum absolute atomic E-state index is 0.162. The quantitative estimate of drug-likeness (QED) is 0.264. The molecule has 4 aromatic rings. The summed E-state index contributed by atoms with van der Waals surface area (Å²) in [7, 11) is 0. The lowest BCUT2D eigenvalue weighted by Gasteiger charge is -2.35. The fourth-order valence-corrected chi connectivity index (χ4v) is 5.76. The van der Waals surface area contributed by atoms with Crippen LogP contribution >= 0.6 is 27.3 Å². The van der Waals surface area contributed by atoms with Gasteiger partial charge in [0.1, 0.15) is 10.6 Å². The summed E-state index contributed by atoms with van der Waals surface area (Å²) < 4.78 is 7.54. The lowest BCUT2D eigenvalue weighted by Crippen LogP contribution is -2.49. The second kappa shape index (κ2) is 11.5. The number of fused-ring (bicyclic) bond motifs is 1. The average Bonchev–Trinajstić information content (AvgIpc) is 3.32. The summed E-state index contributed by atoms with van der Waals surface area (Å²) >= 11 is 5.03. The molecule has 1 aliphatic rings. The fourth-order valence-electron chi connectivity index (χ4n) is 4.43. The Balaban J connectivity index is 1.27. The summed E-state index contributed by atoms with van der Waals surface area (Å²) in [5.41, 5.74) is 3.87. The Hall–Kier alpha value is -3.27.